The average Bonchev–Trinajstić information content (AvgIpc) is 2.42. The first kappa shape index (κ1) is 23.7. The summed E-state index contributed by atoms with van der Waals surface area (Å²) in [6, 6.07) is 0. The molecule has 0 atom stereocenters. The zero-order valence-corrected chi connectivity index (χ0v) is 17.8. The summed E-state index contributed by atoms with van der Waals surface area (Å²) in [4.78, 5) is 10.9. The molecule has 0 fully saturated rings. The molecule has 0 heterocycles. The third-order valence-electron chi connectivity index (χ3n) is 5.16. The van der Waals surface area contributed by atoms with E-state index in [1.54, 1.807) is 6.92 Å². The van der Waals surface area contributed by atoms with E-state index in [0.717, 1.165) is 12.8 Å². The van der Waals surface area contributed by atoms with Crippen LogP contribution in [0.25, 0.3) is 0 Å². The monoisotopic (exact) mass is 338 g/mol. The van der Waals surface area contributed by atoms with Crippen molar-refractivity contribution >= 4 is 5.78 Å². The van der Waals surface area contributed by atoms with E-state index < -0.39 is 0 Å². The van der Waals surface area contributed by atoms with Crippen molar-refractivity contribution in [2.75, 3.05) is 0 Å². The highest BCUT2D eigenvalue weighted by atomic mass is 16.1. The lowest BCUT2D eigenvalue weighted by Crippen LogP contribution is -2.13. The Kier molecular flexibility index (Phi) is 12.8. The van der Waals surface area contributed by atoms with Gasteiger partial charge in [0.15, 0.2) is 0 Å². The molecule has 0 aromatic rings. The molecule has 0 spiro atoms. The fraction of sp³-hybridized carbons (Fsp3) is 0.957. The van der Waals surface area contributed by atoms with Gasteiger partial charge in [0, 0.05) is 6.42 Å². The minimum Gasteiger partial charge on any atom is -0.300 e. The maximum atomic E-state index is 10.9. The van der Waals surface area contributed by atoms with Gasteiger partial charge in [0.1, 0.15) is 5.78 Å². The summed E-state index contributed by atoms with van der Waals surface area (Å²) in [7, 11) is 0. The molecule has 0 aromatic heterocycles. The maximum absolute atomic E-state index is 10.9. The number of Topliss-reactive ketones (excluding diaryl/α,β-unsaturated/α-hetero) is 1. The van der Waals surface area contributed by atoms with Gasteiger partial charge in [0.2, 0.25) is 0 Å². The zero-order chi connectivity index (χ0) is 18.5. The van der Waals surface area contributed by atoms with Crippen LogP contribution < -0.4 is 0 Å². The second-order valence-corrected chi connectivity index (χ2v) is 9.96. The molecule has 0 bridgehead atoms. The Morgan fingerprint density at radius 3 is 1.46 bits per heavy atom. The van der Waals surface area contributed by atoms with Gasteiger partial charge < -0.3 is 4.79 Å². The Morgan fingerprint density at radius 1 is 0.583 bits per heavy atom. The predicted molar refractivity (Wildman–Crippen MR) is 109 cm³/mol. The lowest BCUT2D eigenvalue weighted by Gasteiger charge is -2.27. The summed E-state index contributed by atoms with van der Waals surface area (Å²) in [5.74, 6) is 0.344. The summed E-state index contributed by atoms with van der Waals surface area (Å²) < 4.78 is 0. The molecule has 0 aromatic carbocycles. The van der Waals surface area contributed by atoms with Crippen molar-refractivity contribution in [2.24, 2.45) is 10.8 Å². The van der Waals surface area contributed by atoms with Gasteiger partial charge in [-0.1, -0.05) is 92.4 Å². The van der Waals surface area contributed by atoms with Crippen molar-refractivity contribution in [1.29, 1.82) is 0 Å². The van der Waals surface area contributed by atoms with Crippen LogP contribution in [0.1, 0.15) is 131 Å². The molecule has 0 saturated heterocycles. The number of ketones is 1. The van der Waals surface area contributed by atoms with Crippen LogP contribution in [0.15, 0.2) is 0 Å². The maximum Gasteiger partial charge on any atom is 0.129 e. The first-order chi connectivity index (χ1) is 11.1. The molecule has 0 N–H and O–H groups in total. The second-order valence-electron chi connectivity index (χ2n) is 9.96. The first-order valence-corrected chi connectivity index (χ1v) is 10.6. The highest BCUT2D eigenvalue weighted by Crippen LogP contribution is 2.32. The fourth-order valence-electron chi connectivity index (χ4n) is 3.44. The van der Waals surface area contributed by atoms with Gasteiger partial charge in [-0.15, -0.1) is 0 Å². The van der Waals surface area contributed by atoms with E-state index in [0.29, 0.717) is 16.6 Å². The van der Waals surface area contributed by atoms with Gasteiger partial charge >= 0.3 is 0 Å². The van der Waals surface area contributed by atoms with Gasteiger partial charge in [-0.3, -0.25) is 0 Å². The second kappa shape index (κ2) is 13.0. The smallest absolute Gasteiger partial charge is 0.129 e. The van der Waals surface area contributed by atoms with Crippen molar-refractivity contribution in [1.82, 2.24) is 0 Å². The summed E-state index contributed by atoms with van der Waals surface area (Å²) in [5.41, 5.74) is 1.02. The molecular weight excluding hydrogens is 292 g/mol. The lowest BCUT2D eigenvalue weighted by molar-refractivity contribution is -0.117. The van der Waals surface area contributed by atoms with E-state index >= 15 is 0 Å². The van der Waals surface area contributed by atoms with Crippen molar-refractivity contribution in [3.8, 4) is 0 Å². The van der Waals surface area contributed by atoms with Crippen LogP contribution in [-0.2, 0) is 4.79 Å². The summed E-state index contributed by atoms with van der Waals surface area (Å²) in [6.45, 7) is 13.7. The van der Waals surface area contributed by atoms with Gasteiger partial charge in [-0.25, -0.2) is 0 Å². The molecule has 24 heavy (non-hydrogen) atoms. The van der Waals surface area contributed by atoms with Crippen LogP contribution in [0.5, 0.6) is 0 Å². The molecule has 1 nitrogen and oxygen atoms in total. The molecule has 0 unspecified atom stereocenters. The molecule has 0 saturated carbocycles. The van der Waals surface area contributed by atoms with Gasteiger partial charge in [0.25, 0.3) is 0 Å². The Balaban J connectivity index is 3.40. The Hall–Kier alpha value is -0.330. The van der Waals surface area contributed by atoms with Crippen molar-refractivity contribution < 1.29 is 4.79 Å². The minimum atomic E-state index is 0.344. The molecule has 0 amide bonds. The third-order valence-corrected chi connectivity index (χ3v) is 5.16. The van der Waals surface area contributed by atoms with Crippen LogP contribution in [-0.4, -0.2) is 5.78 Å². The normalized spacial score (nSPS) is 12.6. The molecule has 144 valence electrons. The van der Waals surface area contributed by atoms with E-state index in [1.165, 1.54) is 77.0 Å². The molecule has 0 aliphatic rings. The van der Waals surface area contributed by atoms with Crippen LogP contribution in [0.3, 0.4) is 0 Å². The fourth-order valence-corrected chi connectivity index (χ4v) is 3.44. The summed E-state index contributed by atoms with van der Waals surface area (Å²) in [6.07, 6.45) is 18.3. The molecule has 0 rings (SSSR count). The highest BCUT2D eigenvalue weighted by molar-refractivity contribution is 5.75. The first-order valence-electron chi connectivity index (χ1n) is 10.6. The Morgan fingerprint density at radius 2 is 1.00 bits per heavy atom. The van der Waals surface area contributed by atoms with E-state index in [1.807, 2.05) is 0 Å². The Bertz CT molecular complexity index is 308. The number of carbonyl (C=O) groups is 1. The van der Waals surface area contributed by atoms with E-state index in [9.17, 15) is 4.79 Å². The predicted octanol–water partition coefficient (Wildman–Crippen LogP) is 8.11. The molecule has 0 aliphatic carbocycles. The summed E-state index contributed by atoms with van der Waals surface area (Å²) in [5, 5.41) is 0. The minimum absolute atomic E-state index is 0.344. The van der Waals surface area contributed by atoms with Crippen LogP contribution in [0.2, 0.25) is 0 Å². The number of rotatable bonds is 15. The SMILES string of the molecule is CC(=O)CCCCCCCCCCCC(C)(C)CCCC(C)(C)C. The average molecular weight is 339 g/mol. The van der Waals surface area contributed by atoms with Gasteiger partial charge in [0.05, 0.1) is 0 Å². The Labute approximate surface area is 153 Å². The highest BCUT2D eigenvalue weighted by Gasteiger charge is 2.18. The summed E-state index contributed by atoms with van der Waals surface area (Å²) >= 11 is 0. The number of hydrogen-bond acceptors (Lipinski definition) is 1. The van der Waals surface area contributed by atoms with E-state index in [4.69, 9.17) is 0 Å². The standard InChI is InChI=1S/C23H46O/c1-21(24)17-14-12-10-8-7-9-11-13-15-19-23(5,6)20-16-18-22(2,3)4/h7-20H2,1-6H3. The third kappa shape index (κ3) is 18.0. The zero-order valence-electron chi connectivity index (χ0n) is 17.8. The molecule has 0 aliphatic heterocycles. The van der Waals surface area contributed by atoms with Gasteiger partial charge in [-0.05, 0) is 43.4 Å². The van der Waals surface area contributed by atoms with E-state index in [2.05, 4.69) is 34.6 Å². The number of unbranched alkanes of at least 4 members (excludes halogenated alkanes) is 8. The largest absolute Gasteiger partial charge is 0.300 e. The molecule has 1 heteroatoms. The molecular formula is C23H46O. The van der Waals surface area contributed by atoms with E-state index in [-0.39, 0.29) is 0 Å². The van der Waals surface area contributed by atoms with Crippen molar-refractivity contribution in [3.63, 3.8) is 0 Å². The van der Waals surface area contributed by atoms with Crippen molar-refractivity contribution in [2.45, 2.75) is 131 Å². The quantitative estimate of drug-likeness (QED) is 0.275. The number of carbonyl (C=O) groups excluding carboxylic acids is 1. The van der Waals surface area contributed by atoms with Crippen LogP contribution in [0.4, 0.5) is 0 Å². The number of hydrogen-bond donors (Lipinski definition) is 0. The van der Waals surface area contributed by atoms with Crippen molar-refractivity contribution in [3.05, 3.63) is 0 Å². The topological polar surface area (TPSA) is 17.1 Å². The lowest BCUT2D eigenvalue weighted by atomic mass is 9.79. The van der Waals surface area contributed by atoms with Crippen LogP contribution in [0, 0.1) is 10.8 Å². The molecule has 0 radical (unpaired) electrons. The van der Waals surface area contributed by atoms with Crippen LogP contribution >= 0.6 is 0 Å². The van der Waals surface area contributed by atoms with Gasteiger partial charge in [-0.2, -0.15) is 0 Å².